The van der Waals surface area contributed by atoms with Gasteiger partial charge < -0.3 is 30.1 Å². The van der Waals surface area contributed by atoms with Gasteiger partial charge in [-0.1, -0.05) is 11.8 Å². The van der Waals surface area contributed by atoms with E-state index in [1.54, 1.807) is 0 Å². The van der Waals surface area contributed by atoms with Gasteiger partial charge in [0, 0.05) is 0 Å². The summed E-state index contributed by atoms with van der Waals surface area (Å²) < 4.78 is 5.42. The molecule has 0 bridgehead atoms. The van der Waals surface area contributed by atoms with Gasteiger partial charge in [-0.25, -0.2) is 15.0 Å². The van der Waals surface area contributed by atoms with Gasteiger partial charge in [0.15, 0.2) is 5.65 Å². The first kappa shape index (κ1) is 14.6. The second-order valence-electron chi connectivity index (χ2n) is 4.60. The van der Waals surface area contributed by atoms with E-state index in [0.717, 1.165) is 11.8 Å². The molecule has 1 aliphatic heterocycles. The molecule has 21 heavy (non-hydrogen) atoms. The molecule has 5 N–H and O–H groups in total. The molecule has 9 nitrogen and oxygen atoms in total. The molecule has 3 heterocycles. The van der Waals surface area contributed by atoms with Crippen LogP contribution >= 0.6 is 11.8 Å². The minimum absolute atomic E-state index is 0.467. The third kappa shape index (κ3) is 2.61. The standard InChI is InChI=1S/C11H14N4O5S/c16-1-4-6(17)7(18)8(19)11(20-4)21-10-5-9(13-2-12-5)14-3-15-10/h2-4,6-8,11,16-19H,1H2,(H,12,13,14,15)/t4-,6-,7-,8+,11+/m0/s1. The summed E-state index contributed by atoms with van der Waals surface area (Å²) in [5.41, 5.74) is 0.165. The molecule has 2 aromatic heterocycles. The molecule has 0 saturated carbocycles. The number of aromatic nitrogens is 4. The van der Waals surface area contributed by atoms with Gasteiger partial charge in [0.2, 0.25) is 0 Å². The lowest BCUT2D eigenvalue weighted by molar-refractivity contribution is -0.205. The van der Waals surface area contributed by atoms with E-state index >= 15 is 0 Å². The number of H-pyrrole nitrogens is 1. The molecule has 0 spiro atoms. The molecule has 0 unspecified atom stereocenters. The van der Waals surface area contributed by atoms with Crippen molar-refractivity contribution in [3.8, 4) is 0 Å². The van der Waals surface area contributed by atoms with Crippen LogP contribution in [-0.4, -0.2) is 76.8 Å². The van der Waals surface area contributed by atoms with E-state index in [1.807, 2.05) is 0 Å². The number of aliphatic hydroxyl groups is 4. The zero-order valence-electron chi connectivity index (χ0n) is 10.7. The number of thioether (sulfide) groups is 1. The largest absolute Gasteiger partial charge is 0.394 e. The maximum absolute atomic E-state index is 10.00. The summed E-state index contributed by atoms with van der Waals surface area (Å²) in [6.45, 7) is -0.467. The molecule has 1 aliphatic rings. The molecule has 0 amide bonds. The van der Waals surface area contributed by atoms with Crippen molar-refractivity contribution in [2.45, 2.75) is 34.9 Å². The predicted molar refractivity (Wildman–Crippen MR) is 71.3 cm³/mol. The van der Waals surface area contributed by atoms with Crippen molar-refractivity contribution in [3.63, 3.8) is 0 Å². The quantitative estimate of drug-likeness (QED) is 0.416. The van der Waals surface area contributed by atoms with Gasteiger partial charge in [0.1, 0.15) is 46.7 Å². The summed E-state index contributed by atoms with van der Waals surface area (Å²) >= 11 is 1.05. The van der Waals surface area contributed by atoms with Crippen LogP contribution in [0.5, 0.6) is 0 Å². The van der Waals surface area contributed by atoms with Crippen molar-refractivity contribution in [2.75, 3.05) is 6.61 Å². The number of nitrogens with one attached hydrogen (secondary N) is 1. The first-order valence-corrected chi connectivity index (χ1v) is 7.11. The average Bonchev–Trinajstić information content (AvgIpc) is 2.97. The predicted octanol–water partition coefficient (Wildman–Crippen LogP) is -1.76. The average molecular weight is 314 g/mol. The normalized spacial score (nSPS) is 33.4. The Morgan fingerprint density at radius 3 is 2.71 bits per heavy atom. The summed E-state index contributed by atoms with van der Waals surface area (Å²) in [5.74, 6) is 0. The molecule has 5 atom stereocenters. The number of ether oxygens (including phenoxy) is 1. The van der Waals surface area contributed by atoms with Crippen molar-refractivity contribution in [3.05, 3.63) is 12.7 Å². The number of aliphatic hydroxyl groups excluding tert-OH is 4. The summed E-state index contributed by atoms with van der Waals surface area (Å²) in [6, 6.07) is 0. The molecule has 0 radical (unpaired) electrons. The number of fused-ring (bicyclic) bond motifs is 1. The highest BCUT2D eigenvalue weighted by atomic mass is 32.2. The van der Waals surface area contributed by atoms with Crippen molar-refractivity contribution in [1.29, 1.82) is 0 Å². The van der Waals surface area contributed by atoms with E-state index in [1.165, 1.54) is 12.7 Å². The highest BCUT2D eigenvalue weighted by Gasteiger charge is 2.44. The molecule has 3 rings (SSSR count). The number of nitrogens with zero attached hydrogens (tertiary/aromatic N) is 3. The highest BCUT2D eigenvalue weighted by molar-refractivity contribution is 8.00. The molecule has 0 aromatic carbocycles. The maximum Gasteiger partial charge on any atom is 0.181 e. The molecule has 1 fully saturated rings. The Morgan fingerprint density at radius 1 is 1.14 bits per heavy atom. The van der Waals surface area contributed by atoms with Crippen LogP contribution < -0.4 is 0 Å². The van der Waals surface area contributed by atoms with Crippen molar-refractivity contribution >= 4 is 22.9 Å². The Kier molecular flexibility index (Phi) is 4.06. The van der Waals surface area contributed by atoms with Gasteiger partial charge in [-0.15, -0.1) is 0 Å². The Bertz CT molecular complexity index is 623. The second kappa shape index (κ2) is 5.83. The van der Waals surface area contributed by atoms with Gasteiger partial charge in [-0.05, 0) is 0 Å². The minimum Gasteiger partial charge on any atom is -0.394 e. The third-order valence-electron chi connectivity index (χ3n) is 3.26. The van der Waals surface area contributed by atoms with Crippen LogP contribution in [0.4, 0.5) is 0 Å². The van der Waals surface area contributed by atoms with E-state index in [4.69, 9.17) is 9.84 Å². The Morgan fingerprint density at radius 2 is 1.95 bits per heavy atom. The molecular formula is C11H14N4O5S. The van der Waals surface area contributed by atoms with Crippen LogP contribution in [0.25, 0.3) is 11.2 Å². The van der Waals surface area contributed by atoms with E-state index in [2.05, 4.69) is 19.9 Å². The van der Waals surface area contributed by atoms with Crippen LogP contribution in [0.3, 0.4) is 0 Å². The molecular weight excluding hydrogens is 300 g/mol. The highest BCUT2D eigenvalue weighted by Crippen LogP contribution is 2.34. The maximum atomic E-state index is 10.00. The van der Waals surface area contributed by atoms with Crippen molar-refractivity contribution in [1.82, 2.24) is 19.9 Å². The second-order valence-corrected chi connectivity index (χ2v) is 5.68. The lowest BCUT2D eigenvalue weighted by Gasteiger charge is -2.39. The van der Waals surface area contributed by atoms with Crippen LogP contribution in [-0.2, 0) is 4.74 Å². The number of hydrogen-bond acceptors (Lipinski definition) is 9. The fourth-order valence-corrected chi connectivity index (χ4v) is 3.20. The van der Waals surface area contributed by atoms with Gasteiger partial charge in [-0.2, -0.15) is 0 Å². The Labute approximate surface area is 123 Å². The summed E-state index contributed by atoms with van der Waals surface area (Å²) in [6.07, 6.45) is -2.25. The van der Waals surface area contributed by atoms with E-state index in [9.17, 15) is 15.3 Å². The van der Waals surface area contributed by atoms with Crippen molar-refractivity contribution < 1.29 is 25.2 Å². The molecule has 114 valence electrons. The topological polar surface area (TPSA) is 145 Å². The van der Waals surface area contributed by atoms with Crippen molar-refractivity contribution in [2.24, 2.45) is 0 Å². The number of imidazole rings is 1. The molecule has 1 saturated heterocycles. The molecule has 10 heteroatoms. The SMILES string of the molecule is OC[C@@H]1O[C@H](Sc2ncnc3nc[nH]c23)[C@H](O)[C@@H](O)[C@H]1O. The Balaban J connectivity index is 1.85. The lowest BCUT2D eigenvalue weighted by Crippen LogP contribution is -2.57. The van der Waals surface area contributed by atoms with Crippen LogP contribution in [0, 0.1) is 0 Å². The van der Waals surface area contributed by atoms with Gasteiger partial charge in [0.05, 0.1) is 12.9 Å². The number of hydrogen-bond donors (Lipinski definition) is 5. The third-order valence-corrected chi connectivity index (χ3v) is 4.42. The van der Waals surface area contributed by atoms with Crippen LogP contribution in [0.15, 0.2) is 17.7 Å². The lowest BCUT2D eigenvalue weighted by atomic mass is 10.0. The van der Waals surface area contributed by atoms with E-state index < -0.39 is 36.5 Å². The fraction of sp³-hybridized carbons (Fsp3) is 0.545. The zero-order valence-corrected chi connectivity index (χ0v) is 11.5. The van der Waals surface area contributed by atoms with Crippen LogP contribution in [0.1, 0.15) is 0 Å². The number of rotatable bonds is 3. The summed E-state index contributed by atoms with van der Waals surface area (Å²) in [4.78, 5) is 14.9. The van der Waals surface area contributed by atoms with Crippen LogP contribution in [0.2, 0.25) is 0 Å². The van der Waals surface area contributed by atoms with Gasteiger partial charge >= 0.3 is 0 Å². The molecule has 2 aromatic rings. The summed E-state index contributed by atoms with van der Waals surface area (Å²) in [5, 5.41) is 39.1. The fourth-order valence-electron chi connectivity index (χ4n) is 2.11. The first-order valence-electron chi connectivity index (χ1n) is 6.23. The summed E-state index contributed by atoms with van der Waals surface area (Å²) in [7, 11) is 0. The van der Waals surface area contributed by atoms with Gasteiger partial charge in [0.25, 0.3) is 0 Å². The van der Waals surface area contributed by atoms with E-state index in [-0.39, 0.29) is 0 Å². The zero-order chi connectivity index (χ0) is 15.0. The van der Waals surface area contributed by atoms with E-state index in [0.29, 0.717) is 16.2 Å². The Hall–Kier alpha value is -1.30. The smallest absolute Gasteiger partial charge is 0.181 e. The minimum atomic E-state index is -1.41. The first-order chi connectivity index (χ1) is 10.1. The molecule has 0 aliphatic carbocycles. The monoisotopic (exact) mass is 314 g/mol. The van der Waals surface area contributed by atoms with Gasteiger partial charge in [-0.3, -0.25) is 0 Å². The number of aromatic amines is 1.